The standard InChI is InChI=1S/C12H14BrN3O/c1-17-7-6-16-11(8-15-12(16)14)9-4-2-3-5-10(9)13/h2-5,8H,6-7H2,1H3,(H2,14,15). The molecule has 1 aromatic carbocycles. The molecule has 0 aliphatic heterocycles. The van der Waals surface area contributed by atoms with Gasteiger partial charge in [0, 0.05) is 23.7 Å². The van der Waals surface area contributed by atoms with Crippen LogP contribution in [-0.4, -0.2) is 23.3 Å². The number of nitrogen functional groups attached to an aromatic ring is 1. The van der Waals surface area contributed by atoms with Crippen LogP contribution in [0, 0.1) is 0 Å². The highest BCUT2D eigenvalue weighted by Gasteiger charge is 2.11. The summed E-state index contributed by atoms with van der Waals surface area (Å²) in [5, 5.41) is 0. The van der Waals surface area contributed by atoms with Crippen LogP contribution in [0.5, 0.6) is 0 Å². The fraction of sp³-hybridized carbons (Fsp3) is 0.250. The Morgan fingerprint density at radius 2 is 2.18 bits per heavy atom. The third-order valence-electron chi connectivity index (χ3n) is 2.56. The van der Waals surface area contributed by atoms with Gasteiger partial charge >= 0.3 is 0 Å². The van der Waals surface area contributed by atoms with Crippen molar-refractivity contribution in [1.29, 1.82) is 0 Å². The summed E-state index contributed by atoms with van der Waals surface area (Å²) in [6, 6.07) is 8.00. The highest BCUT2D eigenvalue weighted by Crippen LogP contribution is 2.29. The van der Waals surface area contributed by atoms with Crippen LogP contribution in [0.2, 0.25) is 0 Å². The number of aromatic nitrogens is 2. The maximum absolute atomic E-state index is 5.85. The number of nitrogens with zero attached hydrogens (tertiary/aromatic N) is 2. The van der Waals surface area contributed by atoms with Crippen LogP contribution in [0.1, 0.15) is 0 Å². The Balaban J connectivity index is 2.42. The molecule has 0 unspecified atom stereocenters. The Kier molecular flexibility index (Phi) is 3.81. The molecule has 0 aliphatic carbocycles. The molecule has 0 fully saturated rings. The van der Waals surface area contributed by atoms with Crippen molar-refractivity contribution in [3.63, 3.8) is 0 Å². The molecular weight excluding hydrogens is 282 g/mol. The summed E-state index contributed by atoms with van der Waals surface area (Å²) >= 11 is 3.53. The van der Waals surface area contributed by atoms with Crippen LogP contribution in [0.4, 0.5) is 5.95 Å². The molecule has 2 aromatic rings. The largest absolute Gasteiger partial charge is 0.383 e. The van der Waals surface area contributed by atoms with Gasteiger partial charge in [-0.1, -0.05) is 34.1 Å². The summed E-state index contributed by atoms with van der Waals surface area (Å²) in [6.45, 7) is 1.30. The summed E-state index contributed by atoms with van der Waals surface area (Å²) in [5.41, 5.74) is 7.92. The Hall–Kier alpha value is -1.33. The van der Waals surface area contributed by atoms with E-state index in [9.17, 15) is 0 Å². The summed E-state index contributed by atoms with van der Waals surface area (Å²) in [6.07, 6.45) is 1.78. The Morgan fingerprint density at radius 1 is 1.41 bits per heavy atom. The molecule has 2 rings (SSSR count). The number of hydrogen-bond acceptors (Lipinski definition) is 3. The van der Waals surface area contributed by atoms with Crippen LogP contribution >= 0.6 is 15.9 Å². The lowest BCUT2D eigenvalue weighted by Gasteiger charge is -2.10. The zero-order chi connectivity index (χ0) is 12.3. The zero-order valence-corrected chi connectivity index (χ0v) is 11.1. The first kappa shape index (κ1) is 12.1. The normalized spacial score (nSPS) is 10.7. The van der Waals surface area contributed by atoms with E-state index in [1.165, 1.54) is 0 Å². The molecule has 4 nitrogen and oxygen atoms in total. The second-order valence-corrected chi connectivity index (χ2v) is 4.48. The first-order valence-electron chi connectivity index (χ1n) is 5.29. The molecule has 2 N–H and O–H groups in total. The number of imidazole rings is 1. The zero-order valence-electron chi connectivity index (χ0n) is 9.56. The predicted octanol–water partition coefficient (Wildman–Crippen LogP) is 2.54. The highest BCUT2D eigenvalue weighted by atomic mass is 79.9. The molecule has 0 bridgehead atoms. The van der Waals surface area contributed by atoms with Crippen LogP contribution in [0.15, 0.2) is 34.9 Å². The molecule has 5 heteroatoms. The molecule has 0 atom stereocenters. The van der Waals surface area contributed by atoms with E-state index in [0.717, 1.165) is 15.7 Å². The number of hydrogen-bond donors (Lipinski definition) is 1. The number of methoxy groups -OCH3 is 1. The smallest absolute Gasteiger partial charge is 0.200 e. The summed E-state index contributed by atoms with van der Waals surface area (Å²) in [5.74, 6) is 0.507. The Morgan fingerprint density at radius 3 is 2.88 bits per heavy atom. The second-order valence-electron chi connectivity index (χ2n) is 3.63. The van der Waals surface area contributed by atoms with Crippen LogP contribution < -0.4 is 5.73 Å². The molecule has 0 amide bonds. The van der Waals surface area contributed by atoms with Gasteiger partial charge in [-0.25, -0.2) is 4.98 Å². The first-order valence-corrected chi connectivity index (χ1v) is 6.08. The molecule has 0 spiro atoms. The van der Waals surface area contributed by atoms with Gasteiger partial charge in [-0.05, 0) is 6.07 Å². The van der Waals surface area contributed by atoms with Crippen molar-refractivity contribution < 1.29 is 4.74 Å². The molecule has 1 heterocycles. The number of nitrogens with two attached hydrogens (primary N) is 1. The van der Waals surface area contributed by atoms with Crippen molar-refractivity contribution in [1.82, 2.24) is 9.55 Å². The number of benzene rings is 1. The third-order valence-corrected chi connectivity index (χ3v) is 3.25. The van der Waals surface area contributed by atoms with Crippen molar-refractivity contribution in [3.8, 4) is 11.3 Å². The molecule has 17 heavy (non-hydrogen) atoms. The lowest BCUT2D eigenvalue weighted by Crippen LogP contribution is -2.09. The maximum atomic E-state index is 5.85. The van der Waals surface area contributed by atoms with Gasteiger partial charge < -0.3 is 15.0 Å². The summed E-state index contributed by atoms with van der Waals surface area (Å²) < 4.78 is 8.05. The Labute approximate surface area is 109 Å². The molecule has 0 radical (unpaired) electrons. The summed E-state index contributed by atoms with van der Waals surface area (Å²) in [4.78, 5) is 4.15. The second kappa shape index (κ2) is 5.33. The van der Waals surface area contributed by atoms with Gasteiger partial charge in [-0.15, -0.1) is 0 Å². The van der Waals surface area contributed by atoms with E-state index in [2.05, 4.69) is 20.9 Å². The van der Waals surface area contributed by atoms with Gasteiger partial charge in [0.25, 0.3) is 0 Å². The lowest BCUT2D eigenvalue weighted by atomic mass is 10.2. The van der Waals surface area contributed by atoms with Crippen molar-refractivity contribution in [2.24, 2.45) is 0 Å². The van der Waals surface area contributed by atoms with Crippen molar-refractivity contribution in [3.05, 3.63) is 34.9 Å². The minimum atomic E-state index is 0.507. The fourth-order valence-corrected chi connectivity index (χ4v) is 2.18. The highest BCUT2D eigenvalue weighted by molar-refractivity contribution is 9.10. The van der Waals surface area contributed by atoms with Crippen LogP contribution in [0.3, 0.4) is 0 Å². The van der Waals surface area contributed by atoms with E-state index >= 15 is 0 Å². The van der Waals surface area contributed by atoms with Crippen molar-refractivity contribution in [2.75, 3.05) is 19.5 Å². The molecule has 0 aliphatic rings. The number of anilines is 1. The summed E-state index contributed by atoms with van der Waals surface area (Å²) in [7, 11) is 1.67. The average Bonchev–Trinajstić information content (AvgIpc) is 2.69. The number of ether oxygens (including phenoxy) is 1. The van der Waals surface area contributed by atoms with Gasteiger partial charge in [-0.2, -0.15) is 0 Å². The number of rotatable bonds is 4. The van der Waals surface area contributed by atoms with Gasteiger partial charge in [-0.3, -0.25) is 0 Å². The van der Waals surface area contributed by atoms with Gasteiger partial charge in [0.15, 0.2) is 0 Å². The minimum absolute atomic E-state index is 0.507. The Bertz CT molecular complexity index is 510. The molecule has 0 saturated carbocycles. The van der Waals surface area contributed by atoms with Gasteiger partial charge in [0.2, 0.25) is 5.95 Å². The molecule has 0 saturated heterocycles. The monoisotopic (exact) mass is 295 g/mol. The SMILES string of the molecule is COCCn1c(-c2ccccc2Br)cnc1N. The van der Waals surface area contributed by atoms with E-state index < -0.39 is 0 Å². The molecule has 90 valence electrons. The lowest BCUT2D eigenvalue weighted by molar-refractivity contribution is 0.188. The van der Waals surface area contributed by atoms with Gasteiger partial charge in [0.05, 0.1) is 18.5 Å². The topological polar surface area (TPSA) is 53.1 Å². The van der Waals surface area contributed by atoms with Gasteiger partial charge in [0.1, 0.15) is 0 Å². The van der Waals surface area contributed by atoms with Crippen LogP contribution in [-0.2, 0) is 11.3 Å². The first-order chi connectivity index (χ1) is 8.24. The average molecular weight is 296 g/mol. The fourth-order valence-electron chi connectivity index (χ4n) is 1.69. The number of halogens is 1. The molecule has 1 aromatic heterocycles. The minimum Gasteiger partial charge on any atom is -0.383 e. The van der Waals surface area contributed by atoms with E-state index in [4.69, 9.17) is 10.5 Å². The van der Waals surface area contributed by atoms with E-state index in [1.807, 2.05) is 28.8 Å². The van der Waals surface area contributed by atoms with Crippen molar-refractivity contribution >= 4 is 21.9 Å². The van der Waals surface area contributed by atoms with Crippen molar-refractivity contribution in [2.45, 2.75) is 6.54 Å². The van der Waals surface area contributed by atoms with Crippen LogP contribution in [0.25, 0.3) is 11.3 Å². The quantitative estimate of drug-likeness (QED) is 0.943. The molecular formula is C12H14BrN3O. The van der Waals surface area contributed by atoms with E-state index in [0.29, 0.717) is 19.1 Å². The maximum Gasteiger partial charge on any atom is 0.200 e. The van der Waals surface area contributed by atoms with E-state index in [-0.39, 0.29) is 0 Å². The van der Waals surface area contributed by atoms with E-state index in [1.54, 1.807) is 13.3 Å². The predicted molar refractivity (Wildman–Crippen MR) is 71.7 cm³/mol. The third kappa shape index (κ3) is 2.50.